The van der Waals surface area contributed by atoms with Crippen LogP contribution < -0.4 is 4.74 Å². The maximum Gasteiger partial charge on any atom is 0.261 e. The third-order valence-electron chi connectivity index (χ3n) is 3.10. The van der Waals surface area contributed by atoms with E-state index >= 15 is 0 Å². The summed E-state index contributed by atoms with van der Waals surface area (Å²) in [6, 6.07) is 6.04. The summed E-state index contributed by atoms with van der Waals surface area (Å²) < 4.78 is 33.6. The zero-order valence-electron chi connectivity index (χ0n) is 10.9. The first-order valence-electron chi connectivity index (χ1n) is 6.12. The van der Waals surface area contributed by atoms with Crippen molar-refractivity contribution >= 4 is 19.7 Å². The van der Waals surface area contributed by atoms with Crippen LogP contribution in [-0.2, 0) is 13.8 Å². The minimum absolute atomic E-state index is 0.0692. The van der Waals surface area contributed by atoms with E-state index in [1.54, 1.807) is 12.1 Å². The van der Waals surface area contributed by atoms with Gasteiger partial charge >= 0.3 is 0 Å². The molecule has 1 aromatic carbocycles. The van der Waals surface area contributed by atoms with Gasteiger partial charge in [-0.1, -0.05) is 0 Å². The van der Waals surface area contributed by atoms with Gasteiger partial charge in [-0.3, -0.25) is 0 Å². The molecule has 1 heterocycles. The molecule has 1 saturated heterocycles. The van der Waals surface area contributed by atoms with E-state index in [1.807, 2.05) is 0 Å². The van der Waals surface area contributed by atoms with Gasteiger partial charge in [0.25, 0.3) is 9.05 Å². The van der Waals surface area contributed by atoms with Gasteiger partial charge in [-0.2, -0.15) is 0 Å². The van der Waals surface area contributed by atoms with Crippen molar-refractivity contribution in [3.63, 3.8) is 0 Å². The first-order valence-corrected chi connectivity index (χ1v) is 8.43. The summed E-state index contributed by atoms with van der Waals surface area (Å²) in [6.07, 6.45) is 2.08. The Morgan fingerprint density at radius 2 is 2.00 bits per heavy atom. The number of halogens is 1. The summed E-state index contributed by atoms with van der Waals surface area (Å²) in [5.41, 5.74) is -0.0788. The zero-order chi connectivity index (χ0) is 14.1. The maximum atomic E-state index is 11.1. The van der Waals surface area contributed by atoms with Crippen LogP contribution in [0, 0.1) is 0 Å². The lowest BCUT2D eigenvalue weighted by atomic mass is 10.1. The van der Waals surface area contributed by atoms with Crippen molar-refractivity contribution in [1.82, 2.24) is 0 Å². The average Bonchev–Trinajstić information content (AvgIpc) is 2.66. The smallest absolute Gasteiger partial charge is 0.261 e. The molecule has 19 heavy (non-hydrogen) atoms. The molecule has 1 aliphatic rings. The highest BCUT2D eigenvalue weighted by atomic mass is 35.7. The van der Waals surface area contributed by atoms with Crippen molar-refractivity contribution in [2.24, 2.45) is 0 Å². The number of benzene rings is 1. The maximum absolute atomic E-state index is 11.1. The Labute approximate surface area is 118 Å². The average molecular weight is 305 g/mol. The highest BCUT2D eigenvalue weighted by Crippen LogP contribution is 2.29. The van der Waals surface area contributed by atoms with Gasteiger partial charge in [0.2, 0.25) is 0 Å². The van der Waals surface area contributed by atoms with Crippen molar-refractivity contribution in [1.29, 1.82) is 0 Å². The van der Waals surface area contributed by atoms with E-state index in [2.05, 4.69) is 13.8 Å². The largest absolute Gasteiger partial charge is 0.491 e. The Kier molecular flexibility index (Phi) is 4.08. The minimum Gasteiger partial charge on any atom is -0.491 e. The van der Waals surface area contributed by atoms with Gasteiger partial charge in [-0.05, 0) is 51.0 Å². The molecular formula is C13H17ClO4S. The first-order chi connectivity index (χ1) is 8.76. The molecule has 1 atom stereocenters. The Morgan fingerprint density at radius 1 is 1.37 bits per heavy atom. The van der Waals surface area contributed by atoms with Gasteiger partial charge < -0.3 is 9.47 Å². The Balaban J connectivity index is 1.91. The number of ether oxygens (including phenoxy) is 2. The van der Waals surface area contributed by atoms with Crippen LogP contribution in [0.15, 0.2) is 29.2 Å². The lowest BCUT2D eigenvalue weighted by molar-refractivity contribution is -0.0326. The van der Waals surface area contributed by atoms with Gasteiger partial charge in [0, 0.05) is 10.7 Å². The molecule has 0 aromatic heterocycles. The normalized spacial score (nSPS) is 22.4. The molecule has 1 unspecified atom stereocenters. The van der Waals surface area contributed by atoms with Crippen LogP contribution >= 0.6 is 10.7 Å². The highest BCUT2D eigenvalue weighted by molar-refractivity contribution is 8.13. The minimum atomic E-state index is -3.67. The van der Waals surface area contributed by atoms with Gasteiger partial charge in [0.15, 0.2) is 0 Å². The van der Waals surface area contributed by atoms with Crippen LogP contribution in [-0.4, -0.2) is 26.7 Å². The first kappa shape index (κ1) is 14.6. The second kappa shape index (κ2) is 5.31. The quantitative estimate of drug-likeness (QED) is 0.803. The second-order valence-electron chi connectivity index (χ2n) is 5.26. The summed E-state index contributed by atoms with van der Waals surface area (Å²) in [4.78, 5) is 0.0692. The molecule has 4 nitrogen and oxygen atoms in total. The fourth-order valence-electron chi connectivity index (χ4n) is 2.08. The summed E-state index contributed by atoms with van der Waals surface area (Å²) in [7, 11) is 1.56. The molecule has 1 aliphatic heterocycles. The molecule has 6 heteroatoms. The molecule has 2 rings (SSSR count). The molecular weight excluding hydrogens is 288 g/mol. The lowest BCUT2D eigenvalue weighted by Crippen LogP contribution is -2.23. The standard InChI is InChI=1S/C13H17ClO4S/c1-13(2)8-7-11(18-13)9-17-10-3-5-12(6-4-10)19(14,15)16/h3-6,11H,7-9H2,1-2H3. The monoisotopic (exact) mass is 304 g/mol. The number of hydrogen-bond acceptors (Lipinski definition) is 4. The van der Waals surface area contributed by atoms with E-state index in [4.69, 9.17) is 20.2 Å². The summed E-state index contributed by atoms with van der Waals surface area (Å²) in [5, 5.41) is 0. The van der Waals surface area contributed by atoms with Crippen LogP contribution in [0.3, 0.4) is 0 Å². The van der Waals surface area contributed by atoms with Crippen LogP contribution in [0.2, 0.25) is 0 Å². The SMILES string of the molecule is CC1(C)CCC(COc2ccc(S(=O)(=O)Cl)cc2)O1. The third-order valence-corrected chi connectivity index (χ3v) is 4.47. The van der Waals surface area contributed by atoms with E-state index in [0.717, 1.165) is 12.8 Å². The predicted octanol–water partition coefficient (Wildman–Crippen LogP) is 2.95. The number of hydrogen-bond donors (Lipinski definition) is 0. The van der Waals surface area contributed by atoms with E-state index in [-0.39, 0.29) is 16.6 Å². The van der Waals surface area contributed by atoms with Crippen LogP contribution in [0.5, 0.6) is 5.75 Å². The molecule has 1 fully saturated rings. The molecule has 0 bridgehead atoms. The van der Waals surface area contributed by atoms with Crippen LogP contribution in [0.25, 0.3) is 0 Å². The summed E-state index contributed by atoms with van der Waals surface area (Å²) in [6.45, 7) is 4.59. The van der Waals surface area contributed by atoms with Crippen LogP contribution in [0.4, 0.5) is 0 Å². The van der Waals surface area contributed by atoms with Crippen molar-refractivity contribution < 1.29 is 17.9 Å². The highest BCUT2D eigenvalue weighted by Gasteiger charge is 2.31. The van der Waals surface area contributed by atoms with Crippen molar-refractivity contribution in [3.05, 3.63) is 24.3 Å². The lowest BCUT2D eigenvalue weighted by Gasteiger charge is -2.19. The predicted molar refractivity (Wildman–Crippen MR) is 73.2 cm³/mol. The van der Waals surface area contributed by atoms with Crippen molar-refractivity contribution in [3.8, 4) is 5.75 Å². The molecule has 0 saturated carbocycles. The van der Waals surface area contributed by atoms with Crippen molar-refractivity contribution in [2.45, 2.75) is 43.3 Å². The Morgan fingerprint density at radius 3 is 2.47 bits per heavy atom. The summed E-state index contributed by atoms with van der Waals surface area (Å²) in [5.74, 6) is 0.609. The van der Waals surface area contributed by atoms with E-state index in [1.165, 1.54) is 12.1 Å². The molecule has 0 N–H and O–H groups in total. The topological polar surface area (TPSA) is 52.6 Å². The summed E-state index contributed by atoms with van der Waals surface area (Å²) >= 11 is 0. The molecule has 0 aliphatic carbocycles. The zero-order valence-corrected chi connectivity index (χ0v) is 12.5. The Bertz CT molecular complexity index is 536. The van der Waals surface area contributed by atoms with Gasteiger partial charge in [-0.25, -0.2) is 8.42 Å². The molecule has 0 spiro atoms. The molecule has 106 valence electrons. The fraction of sp³-hybridized carbons (Fsp3) is 0.538. The van der Waals surface area contributed by atoms with Crippen molar-refractivity contribution in [2.75, 3.05) is 6.61 Å². The van der Waals surface area contributed by atoms with Gasteiger partial charge in [0.1, 0.15) is 12.4 Å². The molecule has 0 radical (unpaired) electrons. The second-order valence-corrected chi connectivity index (χ2v) is 7.82. The van der Waals surface area contributed by atoms with E-state index < -0.39 is 9.05 Å². The van der Waals surface area contributed by atoms with E-state index in [9.17, 15) is 8.42 Å². The Hall–Kier alpha value is -0.780. The van der Waals surface area contributed by atoms with Gasteiger partial charge in [0.05, 0.1) is 16.6 Å². The fourth-order valence-corrected chi connectivity index (χ4v) is 2.85. The molecule has 0 amide bonds. The van der Waals surface area contributed by atoms with Crippen LogP contribution in [0.1, 0.15) is 26.7 Å². The van der Waals surface area contributed by atoms with Gasteiger partial charge in [-0.15, -0.1) is 0 Å². The third kappa shape index (κ3) is 4.09. The number of rotatable bonds is 4. The van der Waals surface area contributed by atoms with E-state index in [0.29, 0.717) is 12.4 Å². The molecule has 1 aromatic rings.